The van der Waals surface area contributed by atoms with Gasteiger partial charge in [0.1, 0.15) is 0 Å². The van der Waals surface area contributed by atoms with E-state index in [0.29, 0.717) is 0 Å². The maximum atomic E-state index is 5.91. The van der Waals surface area contributed by atoms with Crippen molar-refractivity contribution in [1.82, 2.24) is 9.80 Å². The van der Waals surface area contributed by atoms with Gasteiger partial charge in [-0.25, -0.2) is 0 Å². The van der Waals surface area contributed by atoms with Gasteiger partial charge in [-0.15, -0.1) is 11.3 Å². The molecule has 0 aliphatic carbocycles. The molecule has 0 N–H and O–H groups in total. The summed E-state index contributed by atoms with van der Waals surface area (Å²) in [6, 6.07) is 17.9. The normalized spacial score (nSPS) is 16.0. The summed E-state index contributed by atoms with van der Waals surface area (Å²) >= 11 is 1.80. The van der Waals surface area contributed by atoms with Gasteiger partial charge in [-0.05, 0) is 47.4 Å². The van der Waals surface area contributed by atoms with E-state index in [1.807, 2.05) is 0 Å². The highest BCUT2D eigenvalue weighted by atomic mass is 32.1. The summed E-state index contributed by atoms with van der Waals surface area (Å²) in [4.78, 5) is 5.09. The number of hydrogen-bond acceptors (Lipinski definition) is 4. The Morgan fingerprint density at radius 1 is 0.857 bits per heavy atom. The number of piperazine rings is 1. The van der Waals surface area contributed by atoms with Crippen LogP contribution in [0.1, 0.15) is 16.7 Å². The van der Waals surface area contributed by atoms with Crippen molar-refractivity contribution in [3.8, 4) is 0 Å². The molecule has 28 heavy (non-hydrogen) atoms. The first-order chi connectivity index (χ1) is 13.8. The Bertz CT molecular complexity index is 866. The molecule has 1 aliphatic rings. The number of rotatable bonds is 8. The van der Waals surface area contributed by atoms with Crippen molar-refractivity contribution in [3.63, 3.8) is 0 Å². The zero-order valence-corrected chi connectivity index (χ0v) is 17.6. The average Bonchev–Trinajstić information content (AvgIpc) is 3.19. The molecule has 3 aromatic rings. The summed E-state index contributed by atoms with van der Waals surface area (Å²) in [6.45, 7) is 10.5. The van der Waals surface area contributed by atoms with E-state index in [1.165, 1.54) is 26.8 Å². The number of thiophene rings is 1. The van der Waals surface area contributed by atoms with E-state index in [0.717, 1.165) is 58.9 Å². The number of benzene rings is 2. The van der Waals surface area contributed by atoms with Gasteiger partial charge in [0.2, 0.25) is 0 Å². The second-order valence-electron chi connectivity index (χ2n) is 7.76. The van der Waals surface area contributed by atoms with E-state index in [9.17, 15) is 0 Å². The Labute approximate surface area is 172 Å². The minimum atomic E-state index is 0.809. The molecule has 2 aromatic carbocycles. The van der Waals surface area contributed by atoms with Gasteiger partial charge in [0, 0.05) is 44.0 Å². The monoisotopic (exact) mass is 394 g/mol. The molecule has 0 bridgehead atoms. The molecule has 1 aromatic heterocycles. The second-order valence-corrected chi connectivity index (χ2v) is 8.71. The van der Waals surface area contributed by atoms with Gasteiger partial charge in [0.05, 0.1) is 13.2 Å². The third-order valence-corrected chi connectivity index (χ3v) is 6.49. The Kier molecular flexibility index (Phi) is 6.76. The molecule has 2 heterocycles. The number of hydrogen-bond donors (Lipinski definition) is 0. The first-order valence-corrected chi connectivity index (χ1v) is 11.2. The summed E-state index contributed by atoms with van der Waals surface area (Å²) in [5.41, 5.74) is 4.12. The summed E-state index contributed by atoms with van der Waals surface area (Å²) < 4.78 is 7.28. The van der Waals surface area contributed by atoms with Gasteiger partial charge >= 0.3 is 0 Å². The smallest absolute Gasteiger partial charge is 0.0593 e. The molecule has 148 valence electrons. The lowest BCUT2D eigenvalue weighted by molar-refractivity contribution is 0.0747. The molecule has 0 unspecified atom stereocenters. The Morgan fingerprint density at radius 3 is 2.43 bits per heavy atom. The van der Waals surface area contributed by atoms with E-state index in [1.54, 1.807) is 11.3 Å². The Hall–Kier alpha value is -1.72. The van der Waals surface area contributed by atoms with Crippen LogP contribution < -0.4 is 0 Å². The van der Waals surface area contributed by atoms with Gasteiger partial charge in [-0.3, -0.25) is 9.80 Å². The van der Waals surface area contributed by atoms with Crippen molar-refractivity contribution in [2.45, 2.75) is 19.9 Å². The van der Waals surface area contributed by atoms with Crippen LogP contribution in [0.2, 0.25) is 0 Å². The summed E-state index contributed by atoms with van der Waals surface area (Å²) in [7, 11) is 0. The number of nitrogens with zero attached hydrogens (tertiary/aromatic N) is 2. The lowest BCUT2D eigenvalue weighted by Crippen LogP contribution is -2.46. The SMILES string of the molecule is Cc1ccc(CN2CCN(CCOCCc3ccc4sccc4c3)CC2)cc1. The third kappa shape index (κ3) is 5.42. The molecule has 1 saturated heterocycles. The minimum absolute atomic E-state index is 0.809. The summed E-state index contributed by atoms with van der Waals surface area (Å²) in [6.07, 6.45) is 0.996. The maximum absolute atomic E-state index is 5.91. The molecular formula is C24H30N2OS. The highest BCUT2D eigenvalue weighted by molar-refractivity contribution is 7.17. The van der Waals surface area contributed by atoms with Crippen LogP contribution >= 0.6 is 11.3 Å². The van der Waals surface area contributed by atoms with Crippen molar-refractivity contribution in [1.29, 1.82) is 0 Å². The van der Waals surface area contributed by atoms with E-state index >= 15 is 0 Å². The van der Waals surface area contributed by atoms with Crippen molar-refractivity contribution >= 4 is 21.4 Å². The van der Waals surface area contributed by atoms with Gasteiger partial charge in [0.15, 0.2) is 0 Å². The van der Waals surface area contributed by atoms with Crippen LogP contribution in [0.5, 0.6) is 0 Å². The number of aryl methyl sites for hydroxylation is 1. The summed E-state index contributed by atoms with van der Waals surface area (Å²) in [5.74, 6) is 0. The first-order valence-electron chi connectivity index (χ1n) is 10.3. The fourth-order valence-electron chi connectivity index (χ4n) is 3.78. The van der Waals surface area contributed by atoms with Crippen LogP contribution in [0.3, 0.4) is 0 Å². The Balaban J connectivity index is 1.10. The standard InChI is InChI=1S/C24H30N2OS/c1-20-2-4-22(5-3-20)19-26-12-10-25(11-13-26)14-16-27-15-8-21-6-7-24-23(18-21)9-17-28-24/h2-7,9,17-18H,8,10-16,19H2,1H3. The molecule has 3 nitrogen and oxygen atoms in total. The Morgan fingerprint density at radius 2 is 1.61 bits per heavy atom. The summed E-state index contributed by atoms with van der Waals surface area (Å²) in [5, 5.41) is 3.51. The molecule has 0 amide bonds. The molecule has 0 radical (unpaired) electrons. The van der Waals surface area contributed by atoms with Crippen LogP contribution in [0, 0.1) is 6.92 Å². The van der Waals surface area contributed by atoms with E-state index < -0.39 is 0 Å². The largest absolute Gasteiger partial charge is 0.380 e. The predicted molar refractivity (Wildman–Crippen MR) is 119 cm³/mol. The topological polar surface area (TPSA) is 15.7 Å². The van der Waals surface area contributed by atoms with Crippen molar-refractivity contribution in [2.24, 2.45) is 0 Å². The van der Waals surface area contributed by atoms with Gasteiger partial charge < -0.3 is 4.74 Å². The first kappa shape index (κ1) is 19.6. The molecule has 1 aliphatic heterocycles. The zero-order valence-electron chi connectivity index (χ0n) is 16.8. The van der Waals surface area contributed by atoms with Crippen LogP contribution in [0.4, 0.5) is 0 Å². The predicted octanol–water partition coefficient (Wildman–Crippen LogP) is 4.59. The van der Waals surface area contributed by atoms with Crippen LogP contribution in [0.15, 0.2) is 53.9 Å². The molecule has 0 spiro atoms. The lowest BCUT2D eigenvalue weighted by Gasteiger charge is -2.34. The van der Waals surface area contributed by atoms with E-state index in [4.69, 9.17) is 4.74 Å². The van der Waals surface area contributed by atoms with Crippen molar-refractivity contribution < 1.29 is 4.74 Å². The lowest BCUT2D eigenvalue weighted by atomic mass is 10.1. The fourth-order valence-corrected chi connectivity index (χ4v) is 4.55. The molecular weight excluding hydrogens is 364 g/mol. The number of ether oxygens (including phenoxy) is 1. The third-order valence-electron chi connectivity index (χ3n) is 5.60. The van der Waals surface area contributed by atoms with Crippen LogP contribution in [-0.4, -0.2) is 55.7 Å². The van der Waals surface area contributed by atoms with Gasteiger partial charge in [-0.2, -0.15) is 0 Å². The fraction of sp³-hybridized carbons (Fsp3) is 0.417. The zero-order chi connectivity index (χ0) is 19.2. The average molecular weight is 395 g/mol. The van der Waals surface area contributed by atoms with Crippen molar-refractivity contribution in [3.05, 3.63) is 70.6 Å². The van der Waals surface area contributed by atoms with Gasteiger partial charge in [-0.1, -0.05) is 42.0 Å². The van der Waals surface area contributed by atoms with Crippen LogP contribution in [-0.2, 0) is 17.7 Å². The minimum Gasteiger partial charge on any atom is -0.380 e. The van der Waals surface area contributed by atoms with E-state index in [-0.39, 0.29) is 0 Å². The molecule has 4 rings (SSSR count). The van der Waals surface area contributed by atoms with Crippen molar-refractivity contribution in [2.75, 3.05) is 45.9 Å². The number of fused-ring (bicyclic) bond motifs is 1. The quantitative estimate of drug-likeness (QED) is 0.520. The second kappa shape index (κ2) is 9.66. The molecule has 0 saturated carbocycles. The molecule has 0 atom stereocenters. The molecule has 4 heteroatoms. The van der Waals surface area contributed by atoms with E-state index in [2.05, 4.69) is 70.6 Å². The molecule has 1 fully saturated rings. The highest BCUT2D eigenvalue weighted by Crippen LogP contribution is 2.21. The highest BCUT2D eigenvalue weighted by Gasteiger charge is 2.16. The maximum Gasteiger partial charge on any atom is 0.0593 e. The van der Waals surface area contributed by atoms with Crippen LogP contribution in [0.25, 0.3) is 10.1 Å². The van der Waals surface area contributed by atoms with Gasteiger partial charge in [0.25, 0.3) is 0 Å².